The number of amides is 2. The molecular weight excluding hydrogens is 389 g/mol. The Morgan fingerprint density at radius 1 is 1.00 bits per heavy atom. The van der Waals surface area contributed by atoms with E-state index >= 15 is 0 Å². The second-order valence-electron chi connectivity index (χ2n) is 6.21. The lowest BCUT2D eigenvalue weighted by Gasteiger charge is -2.09. The van der Waals surface area contributed by atoms with Gasteiger partial charge in [0.1, 0.15) is 17.7 Å². The molecule has 2 aromatic carbocycles. The normalized spacial score (nSPS) is 11.3. The van der Waals surface area contributed by atoms with Crippen LogP contribution in [0.15, 0.2) is 63.8 Å². The molecular formula is C20H15F3N2O4. The fraction of sp³-hybridized carbons (Fsp3) is 0.150. The van der Waals surface area contributed by atoms with Crippen molar-refractivity contribution in [2.75, 3.05) is 11.9 Å². The van der Waals surface area contributed by atoms with Gasteiger partial charge in [0.2, 0.25) is 5.91 Å². The lowest BCUT2D eigenvalue weighted by Crippen LogP contribution is -2.34. The molecule has 29 heavy (non-hydrogen) atoms. The Hall–Kier alpha value is -3.62. The highest BCUT2D eigenvalue weighted by molar-refractivity contribution is 6.05. The van der Waals surface area contributed by atoms with E-state index in [9.17, 15) is 27.6 Å². The zero-order chi connectivity index (χ0) is 21.0. The SMILES string of the molecule is O=C(Cc1ccc(NC(=O)c2cc3ccccc3oc2=O)cc1)NCC(F)(F)F. The number of para-hydroxylation sites is 1. The van der Waals surface area contributed by atoms with Crippen LogP contribution in [0.1, 0.15) is 15.9 Å². The summed E-state index contributed by atoms with van der Waals surface area (Å²) in [5.41, 5.74) is 0.232. The monoisotopic (exact) mass is 404 g/mol. The molecule has 3 aromatic rings. The van der Waals surface area contributed by atoms with Gasteiger partial charge in [-0.05, 0) is 29.8 Å². The Morgan fingerprint density at radius 2 is 1.69 bits per heavy atom. The molecule has 0 unspecified atom stereocenters. The van der Waals surface area contributed by atoms with Gasteiger partial charge in [0.05, 0.1) is 6.42 Å². The van der Waals surface area contributed by atoms with Gasteiger partial charge in [-0.15, -0.1) is 0 Å². The van der Waals surface area contributed by atoms with E-state index in [2.05, 4.69) is 5.32 Å². The van der Waals surface area contributed by atoms with E-state index in [1.54, 1.807) is 29.6 Å². The van der Waals surface area contributed by atoms with Crippen LogP contribution in [0.5, 0.6) is 0 Å². The molecule has 2 N–H and O–H groups in total. The van der Waals surface area contributed by atoms with Gasteiger partial charge in [-0.1, -0.05) is 30.3 Å². The molecule has 0 atom stereocenters. The predicted octanol–water partition coefficient (Wildman–Crippen LogP) is 3.27. The maximum Gasteiger partial charge on any atom is 0.405 e. The summed E-state index contributed by atoms with van der Waals surface area (Å²) in [7, 11) is 0. The summed E-state index contributed by atoms with van der Waals surface area (Å²) in [6.07, 6.45) is -4.71. The largest absolute Gasteiger partial charge is 0.422 e. The van der Waals surface area contributed by atoms with Gasteiger partial charge >= 0.3 is 11.8 Å². The summed E-state index contributed by atoms with van der Waals surface area (Å²) >= 11 is 0. The van der Waals surface area contributed by atoms with Gasteiger partial charge in [-0.3, -0.25) is 9.59 Å². The Balaban J connectivity index is 1.65. The van der Waals surface area contributed by atoms with Crippen molar-refractivity contribution in [1.82, 2.24) is 5.32 Å². The molecule has 0 bridgehead atoms. The third kappa shape index (κ3) is 5.44. The topological polar surface area (TPSA) is 88.4 Å². The molecule has 0 saturated heterocycles. The third-order valence-corrected chi connectivity index (χ3v) is 3.95. The van der Waals surface area contributed by atoms with Crippen molar-refractivity contribution in [3.63, 3.8) is 0 Å². The highest BCUT2D eigenvalue weighted by Crippen LogP contribution is 2.16. The molecule has 0 spiro atoms. The third-order valence-electron chi connectivity index (χ3n) is 3.95. The van der Waals surface area contributed by atoms with Crippen molar-refractivity contribution in [1.29, 1.82) is 0 Å². The van der Waals surface area contributed by atoms with Crippen molar-refractivity contribution in [3.05, 3.63) is 76.1 Å². The summed E-state index contributed by atoms with van der Waals surface area (Å²) in [4.78, 5) is 35.9. The molecule has 0 radical (unpaired) electrons. The molecule has 3 rings (SSSR count). The highest BCUT2D eigenvalue weighted by Gasteiger charge is 2.27. The van der Waals surface area contributed by atoms with Crippen molar-refractivity contribution >= 4 is 28.5 Å². The summed E-state index contributed by atoms with van der Waals surface area (Å²) < 4.78 is 41.4. The fourth-order valence-electron chi connectivity index (χ4n) is 2.57. The number of rotatable bonds is 5. The van der Waals surface area contributed by atoms with E-state index in [4.69, 9.17) is 4.42 Å². The molecule has 0 aliphatic rings. The number of hydrogen-bond acceptors (Lipinski definition) is 4. The number of nitrogens with one attached hydrogen (secondary N) is 2. The molecule has 150 valence electrons. The van der Waals surface area contributed by atoms with Crippen LogP contribution in [-0.4, -0.2) is 24.5 Å². The number of hydrogen-bond donors (Lipinski definition) is 2. The Bertz CT molecular complexity index is 1110. The molecule has 0 fully saturated rings. The zero-order valence-corrected chi connectivity index (χ0v) is 14.9. The molecule has 2 amide bonds. The molecule has 0 aliphatic heterocycles. The number of halogens is 3. The summed E-state index contributed by atoms with van der Waals surface area (Å²) in [5.74, 6) is -1.44. The Labute approximate surface area is 162 Å². The van der Waals surface area contributed by atoms with E-state index in [0.29, 0.717) is 22.2 Å². The average Bonchev–Trinajstić information content (AvgIpc) is 2.67. The summed E-state index contributed by atoms with van der Waals surface area (Å²) in [6.45, 7) is -1.39. The molecule has 0 saturated carbocycles. The standard InChI is InChI=1S/C20H15F3N2O4/c21-20(22,23)11-24-17(26)9-12-5-7-14(8-6-12)25-18(27)15-10-13-3-1-2-4-16(13)29-19(15)28/h1-8,10H,9,11H2,(H,24,26)(H,25,27). The van der Waals surface area contributed by atoms with Gasteiger partial charge in [0.15, 0.2) is 0 Å². The maximum absolute atomic E-state index is 12.4. The lowest BCUT2D eigenvalue weighted by atomic mass is 10.1. The lowest BCUT2D eigenvalue weighted by molar-refractivity contribution is -0.138. The van der Waals surface area contributed by atoms with E-state index in [0.717, 1.165) is 0 Å². The second kappa shape index (κ2) is 8.17. The zero-order valence-electron chi connectivity index (χ0n) is 14.9. The number of anilines is 1. The minimum atomic E-state index is -4.47. The molecule has 6 nitrogen and oxygen atoms in total. The highest BCUT2D eigenvalue weighted by atomic mass is 19.4. The number of carbonyl (C=O) groups excluding carboxylic acids is 2. The number of benzene rings is 2. The number of alkyl halides is 3. The molecule has 1 aromatic heterocycles. The average molecular weight is 404 g/mol. The fourth-order valence-corrected chi connectivity index (χ4v) is 2.57. The van der Waals surface area contributed by atoms with Crippen LogP contribution < -0.4 is 16.3 Å². The Morgan fingerprint density at radius 3 is 2.38 bits per heavy atom. The first-order chi connectivity index (χ1) is 13.7. The van der Waals surface area contributed by atoms with Gasteiger partial charge in [0.25, 0.3) is 5.91 Å². The van der Waals surface area contributed by atoms with Gasteiger partial charge in [-0.2, -0.15) is 13.2 Å². The summed E-state index contributed by atoms with van der Waals surface area (Å²) in [6, 6.07) is 14.1. The predicted molar refractivity (Wildman–Crippen MR) is 99.6 cm³/mol. The summed E-state index contributed by atoms with van der Waals surface area (Å²) in [5, 5.41) is 4.92. The maximum atomic E-state index is 12.4. The van der Waals surface area contributed by atoms with Gasteiger partial charge in [0, 0.05) is 11.1 Å². The molecule has 9 heteroatoms. The Kier molecular flexibility index (Phi) is 5.67. The van der Waals surface area contributed by atoms with E-state index < -0.39 is 30.2 Å². The van der Waals surface area contributed by atoms with Gasteiger partial charge < -0.3 is 15.1 Å². The van der Waals surface area contributed by atoms with E-state index in [-0.39, 0.29) is 12.0 Å². The minimum absolute atomic E-state index is 0.167. The van der Waals surface area contributed by atoms with Crippen LogP contribution in [0.4, 0.5) is 18.9 Å². The van der Waals surface area contributed by atoms with Crippen molar-refractivity contribution in [2.24, 2.45) is 0 Å². The first kappa shape index (κ1) is 20.1. The number of carbonyl (C=O) groups is 2. The minimum Gasteiger partial charge on any atom is -0.422 e. The smallest absolute Gasteiger partial charge is 0.405 e. The number of fused-ring (bicyclic) bond motifs is 1. The second-order valence-corrected chi connectivity index (χ2v) is 6.21. The van der Waals surface area contributed by atoms with Crippen LogP contribution >= 0.6 is 0 Å². The van der Waals surface area contributed by atoms with E-state index in [1.165, 1.54) is 30.3 Å². The van der Waals surface area contributed by atoms with Crippen LogP contribution in [0, 0.1) is 0 Å². The van der Waals surface area contributed by atoms with E-state index in [1.807, 2.05) is 0 Å². The van der Waals surface area contributed by atoms with Crippen molar-refractivity contribution < 1.29 is 27.2 Å². The molecule has 0 aliphatic carbocycles. The van der Waals surface area contributed by atoms with Crippen molar-refractivity contribution in [3.8, 4) is 0 Å². The first-order valence-corrected chi connectivity index (χ1v) is 8.48. The van der Waals surface area contributed by atoms with Crippen LogP contribution in [0.2, 0.25) is 0 Å². The first-order valence-electron chi connectivity index (χ1n) is 8.48. The quantitative estimate of drug-likeness (QED) is 0.639. The van der Waals surface area contributed by atoms with Crippen LogP contribution in [0.25, 0.3) is 11.0 Å². The van der Waals surface area contributed by atoms with Crippen LogP contribution in [0.3, 0.4) is 0 Å². The van der Waals surface area contributed by atoms with Crippen LogP contribution in [-0.2, 0) is 11.2 Å². The van der Waals surface area contributed by atoms with Gasteiger partial charge in [-0.25, -0.2) is 4.79 Å². The van der Waals surface area contributed by atoms with Crippen molar-refractivity contribution in [2.45, 2.75) is 12.6 Å². The molecule has 1 heterocycles.